The Morgan fingerprint density at radius 2 is 2.26 bits per heavy atom. The molecule has 5 nitrogen and oxygen atoms in total. The summed E-state index contributed by atoms with van der Waals surface area (Å²) in [5, 5.41) is 2.86. The van der Waals surface area contributed by atoms with Gasteiger partial charge in [0, 0.05) is 6.20 Å². The first-order chi connectivity index (χ1) is 9.31. The van der Waals surface area contributed by atoms with E-state index in [0.717, 1.165) is 5.69 Å². The zero-order chi connectivity index (χ0) is 13.5. The van der Waals surface area contributed by atoms with Crippen molar-refractivity contribution in [3.63, 3.8) is 0 Å². The van der Waals surface area contributed by atoms with Gasteiger partial charge in [-0.2, -0.15) is 0 Å². The smallest absolute Gasteiger partial charge is 0.231 e. The Labute approximate surface area is 111 Å². The fourth-order valence-corrected chi connectivity index (χ4v) is 1.86. The van der Waals surface area contributed by atoms with Crippen LogP contribution in [0.4, 0.5) is 0 Å². The summed E-state index contributed by atoms with van der Waals surface area (Å²) in [6.45, 7) is 0.837. The number of rotatable bonds is 6. The molecule has 1 atom stereocenters. The van der Waals surface area contributed by atoms with E-state index >= 15 is 0 Å². The third-order valence-corrected chi connectivity index (χ3v) is 2.83. The molecule has 0 fully saturated rings. The number of pyridine rings is 1. The number of amides is 1. The molecule has 0 aliphatic heterocycles. The number of carbonyl (C=O) groups is 1. The first kappa shape index (κ1) is 13.3. The van der Waals surface area contributed by atoms with Crippen molar-refractivity contribution in [2.75, 3.05) is 6.54 Å². The SMILES string of the molecule is NCCC(C(=O)NCc1ccccn1)c1ccco1. The highest BCUT2D eigenvalue weighted by Crippen LogP contribution is 2.19. The fourth-order valence-electron chi connectivity index (χ4n) is 1.86. The lowest BCUT2D eigenvalue weighted by Crippen LogP contribution is -2.30. The molecule has 0 aromatic carbocycles. The average Bonchev–Trinajstić information content (AvgIpc) is 2.97. The Morgan fingerprint density at radius 1 is 1.37 bits per heavy atom. The van der Waals surface area contributed by atoms with Gasteiger partial charge in [-0.1, -0.05) is 6.07 Å². The van der Waals surface area contributed by atoms with Gasteiger partial charge in [0.15, 0.2) is 0 Å². The van der Waals surface area contributed by atoms with Gasteiger partial charge < -0.3 is 15.5 Å². The maximum absolute atomic E-state index is 12.2. The molecule has 0 spiro atoms. The molecule has 0 aliphatic rings. The summed E-state index contributed by atoms with van der Waals surface area (Å²) in [7, 11) is 0. The van der Waals surface area contributed by atoms with Crippen molar-refractivity contribution in [3.8, 4) is 0 Å². The second kappa shape index (κ2) is 6.70. The van der Waals surface area contributed by atoms with Gasteiger partial charge in [-0.15, -0.1) is 0 Å². The Hall–Kier alpha value is -2.14. The van der Waals surface area contributed by atoms with E-state index in [4.69, 9.17) is 10.2 Å². The number of nitrogens with one attached hydrogen (secondary N) is 1. The van der Waals surface area contributed by atoms with Crippen molar-refractivity contribution in [3.05, 3.63) is 54.2 Å². The monoisotopic (exact) mass is 259 g/mol. The summed E-state index contributed by atoms with van der Waals surface area (Å²) in [6.07, 6.45) is 3.82. The van der Waals surface area contributed by atoms with Crippen molar-refractivity contribution in [1.82, 2.24) is 10.3 Å². The molecule has 1 unspecified atom stereocenters. The van der Waals surface area contributed by atoms with Crippen LogP contribution in [0.25, 0.3) is 0 Å². The van der Waals surface area contributed by atoms with Gasteiger partial charge in [0.25, 0.3) is 0 Å². The summed E-state index contributed by atoms with van der Waals surface area (Å²) < 4.78 is 5.29. The van der Waals surface area contributed by atoms with Crippen LogP contribution < -0.4 is 11.1 Å². The van der Waals surface area contributed by atoms with Gasteiger partial charge >= 0.3 is 0 Å². The van der Waals surface area contributed by atoms with E-state index in [2.05, 4.69) is 10.3 Å². The van der Waals surface area contributed by atoms with E-state index < -0.39 is 0 Å². The minimum atomic E-state index is -0.344. The van der Waals surface area contributed by atoms with E-state index in [1.807, 2.05) is 18.2 Å². The van der Waals surface area contributed by atoms with Crippen LogP contribution in [0.3, 0.4) is 0 Å². The first-order valence-corrected chi connectivity index (χ1v) is 6.22. The van der Waals surface area contributed by atoms with Crippen molar-refractivity contribution in [1.29, 1.82) is 0 Å². The second-order valence-electron chi connectivity index (χ2n) is 4.18. The molecule has 5 heteroatoms. The largest absolute Gasteiger partial charge is 0.469 e. The third kappa shape index (κ3) is 3.66. The molecule has 2 rings (SSSR count). The minimum Gasteiger partial charge on any atom is -0.469 e. The van der Waals surface area contributed by atoms with Gasteiger partial charge in [0.2, 0.25) is 5.91 Å². The number of nitrogens with two attached hydrogens (primary N) is 1. The van der Waals surface area contributed by atoms with Crippen molar-refractivity contribution >= 4 is 5.91 Å². The predicted molar refractivity (Wildman–Crippen MR) is 71.2 cm³/mol. The zero-order valence-corrected chi connectivity index (χ0v) is 10.6. The molecule has 0 saturated heterocycles. The lowest BCUT2D eigenvalue weighted by molar-refractivity contribution is -0.123. The quantitative estimate of drug-likeness (QED) is 0.822. The first-order valence-electron chi connectivity index (χ1n) is 6.22. The van der Waals surface area contributed by atoms with Crippen molar-refractivity contribution in [2.45, 2.75) is 18.9 Å². The maximum atomic E-state index is 12.2. The maximum Gasteiger partial charge on any atom is 0.231 e. The Kier molecular flexibility index (Phi) is 4.69. The van der Waals surface area contributed by atoms with Crippen LogP contribution in [-0.2, 0) is 11.3 Å². The van der Waals surface area contributed by atoms with Crippen LogP contribution in [-0.4, -0.2) is 17.4 Å². The van der Waals surface area contributed by atoms with Crippen LogP contribution in [0.5, 0.6) is 0 Å². The number of furan rings is 1. The van der Waals surface area contributed by atoms with E-state index in [-0.39, 0.29) is 11.8 Å². The average molecular weight is 259 g/mol. The highest BCUT2D eigenvalue weighted by Gasteiger charge is 2.22. The standard InChI is InChI=1S/C14H17N3O2/c15-7-6-12(13-5-3-9-19-13)14(18)17-10-11-4-1-2-8-16-11/h1-5,8-9,12H,6-7,10,15H2,(H,17,18). The van der Waals surface area contributed by atoms with Gasteiger partial charge in [-0.3, -0.25) is 9.78 Å². The van der Waals surface area contributed by atoms with Crippen LogP contribution >= 0.6 is 0 Å². The van der Waals surface area contributed by atoms with E-state index in [1.54, 1.807) is 24.6 Å². The predicted octanol–water partition coefficient (Wildman–Crippen LogP) is 1.42. The van der Waals surface area contributed by atoms with Gasteiger partial charge in [0.1, 0.15) is 5.76 Å². The molecule has 1 amide bonds. The van der Waals surface area contributed by atoms with Gasteiger partial charge in [-0.05, 0) is 37.2 Å². The summed E-state index contributed by atoms with van der Waals surface area (Å²) in [5.74, 6) is 0.207. The molecule has 3 N–H and O–H groups in total. The molecule has 2 heterocycles. The molecule has 100 valence electrons. The van der Waals surface area contributed by atoms with Crippen molar-refractivity contribution < 1.29 is 9.21 Å². The lowest BCUT2D eigenvalue weighted by atomic mass is 10.0. The minimum absolute atomic E-state index is 0.0916. The lowest BCUT2D eigenvalue weighted by Gasteiger charge is -2.13. The number of nitrogens with zero attached hydrogens (tertiary/aromatic N) is 1. The van der Waals surface area contributed by atoms with Gasteiger partial charge in [0.05, 0.1) is 24.4 Å². The molecule has 2 aromatic heterocycles. The normalized spacial score (nSPS) is 12.1. The molecule has 0 saturated carbocycles. The van der Waals surface area contributed by atoms with Crippen LogP contribution in [0.2, 0.25) is 0 Å². The number of hydrogen-bond donors (Lipinski definition) is 2. The zero-order valence-electron chi connectivity index (χ0n) is 10.6. The molecule has 0 radical (unpaired) electrons. The molecular formula is C14H17N3O2. The Bertz CT molecular complexity index is 497. The summed E-state index contributed by atoms with van der Waals surface area (Å²) in [4.78, 5) is 16.3. The number of aromatic nitrogens is 1. The molecule has 0 bridgehead atoms. The second-order valence-corrected chi connectivity index (χ2v) is 4.18. The van der Waals surface area contributed by atoms with Crippen LogP contribution in [0, 0.1) is 0 Å². The topological polar surface area (TPSA) is 81.2 Å². The Morgan fingerprint density at radius 3 is 2.89 bits per heavy atom. The molecule has 0 aliphatic carbocycles. The molecular weight excluding hydrogens is 242 g/mol. The number of hydrogen-bond acceptors (Lipinski definition) is 4. The highest BCUT2D eigenvalue weighted by molar-refractivity contribution is 5.82. The van der Waals surface area contributed by atoms with E-state index in [1.165, 1.54) is 0 Å². The Balaban J connectivity index is 1.97. The highest BCUT2D eigenvalue weighted by atomic mass is 16.3. The summed E-state index contributed by atoms with van der Waals surface area (Å²) in [6, 6.07) is 9.15. The summed E-state index contributed by atoms with van der Waals surface area (Å²) in [5.41, 5.74) is 6.37. The van der Waals surface area contributed by atoms with E-state index in [0.29, 0.717) is 25.3 Å². The number of carbonyl (C=O) groups excluding carboxylic acids is 1. The fraction of sp³-hybridized carbons (Fsp3) is 0.286. The van der Waals surface area contributed by atoms with Crippen molar-refractivity contribution in [2.24, 2.45) is 5.73 Å². The molecule has 19 heavy (non-hydrogen) atoms. The van der Waals surface area contributed by atoms with E-state index in [9.17, 15) is 4.79 Å². The molecule has 2 aromatic rings. The third-order valence-electron chi connectivity index (χ3n) is 2.83. The van der Waals surface area contributed by atoms with Crippen LogP contribution in [0.15, 0.2) is 47.2 Å². The van der Waals surface area contributed by atoms with Crippen LogP contribution in [0.1, 0.15) is 23.8 Å². The van der Waals surface area contributed by atoms with Gasteiger partial charge in [-0.25, -0.2) is 0 Å². The summed E-state index contributed by atoms with van der Waals surface area (Å²) >= 11 is 0.